The van der Waals surface area contributed by atoms with Crippen LogP contribution in [-0.4, -0.2) is 29.8 Å². The summed E-state index contributed by atoms with van der Waals surface area (Å²) in [5.41, 5.74) is 2.93. The van der Waals surface area contributed by atoms with Gasteiger partial charge in [0.1, 0.15) is 5.76 Å². The van der Waals surface area contributed by atoms with Gasteiger partial charge < -0.3 is 14.6 Å². The lowest BCUT2D eigenvalue weighted by Gasteiger charge is -2.33. The third-order valence-electron chi connectivity index (χ3n) is 5.75. The number of hydrogen-bond donors (Lipinski definition) is 1. The average Bonchev–Trinajstić information content (AvgIpc) is 3.18. The number of rotatable bonds is 3. The first-order chi connectivity index (χ1) is 13.1. The summed E-state index contributed by atoms with van der Waals surface area (Å²) in [6.45, 7) is 3.21. The highest BCUT2D eigenvalue weighted by Crippen LogP contribution is 2.31. The second-order valence-corrected chi connectivity index (χ2v) is 7.71. The summed E-state index contributed by atoms with van der Waals surface area (Å²) in [5.74, 6) is 0.912. The maximum absolute atomic E-state index is 12.9. The molecule has 0 radical (unpaired) electrons. The highest BCUT2D eigenvalue weighted by Gasteiger charge is 2.31. The Morgan fingerprint density at radius 2 is 1.93 bits per heavy atom. The third-order valence-corrected chi connectivity index (χ3v) is 5.75. The molecule has 1 aliphatic heterocycles. The van der Waals surface area contributed by atoms with E-state index < -0.39 is 0 Å². The van der Waals surface area contributed by atoms with Crippen LogP contribution in [0.4, 0.5) is 0 Å². The predicted molar refractivity (Wildman–Crippen MR) is 102 cm³/mol. The molecule has 5 nitrogen and oxygen atoms in total. The van der Waals surface area contributed by atoms with E-state index in [4.69, 9.17) is 4.42 Å². The van der Waals surface area contributed by atoms with Crippen molar-refractivity contribution in [1.82, 2.24) is 10.2 Å². The van der Waals surface area contributed by atoms with Crippen LogP contribution in [0.3, 0.4) is 0 Å². The van der Waals surface area contributed by atoms with Gasteiger partial charge >= 0.3 is 0 Å². The molecule has 142 valence electrons. The zero-order valence-electron chi connectivity index (χ0n) is 15.7. The summed E-state index contributed by atoms with van der Waals surface area (Å²) in [6, 6.07) is 9.63. The van der Waals surface area contributed by atoms with Crippen molar-refractivity contribution in [2.75, 3.05) is 13.1 Å². The zero-order valence-corrected chi connectivity index (χ0v) is 15.7. The number of nitrogens with one attached hydrogen (secondary N) is 1. The van der Waals surface area contributed by atoms with Crippen LogP contribution in [0.25, 0.3) is 0 Å². The first-order valence-electron chi connectivity index (χ1n) is 9.84. The van der Waals surface area contributed by atoms with E-state index in [9.17, 15) is 9.59 Å². The lowest BCUT2D eigenvalue weighted by Crippen LogP contribution is -2.46. The minimum absolute atomic E-state index is 0.0160. The van der Waals surface area contributed by atoms with Crippen LogP contribution in [-0.2, 0) is 11.2 Å². The normalized spacial score (nSPS) is 22.2. The number of carbonyl (C=O) groups is 2. The van der Waals surface area contributed by atoms with Crippen molar-refractivity contribution in [3.8, 4) is 0 Å². The van der Waals surface area contributed by atoms with E-state index in [0.717, 1.165) is 49.0 Å². The Labute approximate surface area is 159 Å². The van der Waals surface area contributed by atoms with Gasteiger partial charge in [0.25, 0.3) is 5.91 Å². The van der Waals surface area contributed by atoms with E-state index in [0.29, 0.717) is 18.7 Å². The summed E-state index contributed by atoms with van der Waals surface area (Å²) in [7, 11) is 0. The molecule has 0 saturated carbocycles. The van der Waals surface area contributed by atoms with Gasteiger partial charge in [-0.3, -0.25) is 9.59 Å². The second-order valence-electron chi connectivity index (χ2n) is 7.71. The number of furan rings is 1. The molecule has 4 rings (SSSR count). The largest absolute Gasteiger partial charge is 0.469 e. The van der Waals surface area contributed by atoms with E-state index in [1.807, 2.05) is 42.2 Å². The topological polar surface area (TPSA) is 62.6 Å². The Balaban J connectivity index is 1.40. The molecule has 0 bridgehead atoms. The van der Waals surface area contributed by atoms with Crippen molar-refractivity contribution in [3.05, 3.63) is 59.0 Å². The minimum Gasteiger partial charge on any atom is -0.469 e. The van der Waals surface area contributed by atoms with Crippen molar-refractivity contribution in [2.24, 2.45) is 5.92 Å². The lowest BCUT2D eigenvalue weighted by molar-refractivity contribution is -0.127. The molecule has 0 spiro atoms. The minimum atomic E-state index is -0.148. The SMILES string of the molecule is Cc1ccc(C(=O)N2CCCC(C(=O)NC3CCCc4occc43)C2)cc1. The maximum Gasteiger partial charge on any atom is 0.253 e. The molecule has 1 aromatic carbocycles. The number of benzene rings is 1. The molecule has 2 amide bonds. The second kappa shape index (κ2) is 7.59. The van der Waals surface area contributed by atoms with Crippen LogP contribution in [0.15, 0.2) is 41.0 Å². The molecule has 1 aromatic heterocycles. The zero-order chi connectivity index (χ0) is 18.8. The summed E-state index contributed by atoms with van der Waals surface area (Å²) < 4.78 is 5.51. The molecule has 5 heteroatoms. The van der Waals surface area contributed by atoms with Crippen molar-refractivity contribution >= 4 is 11.8 Å². The fourth-order valence-corrected chi connectivity index (χ4v) is 4.18. The first kappa shape index (κ1) is 17.8. The summed E-state index contributed by atoms with van der Waals surface area (Å²) in [4.78, 5) is 27.5. The molecule has 2 unspecified atom stereocenters. The van der Waals surface area contributed by atoms with Gasteiger partial charge in [-0.15, -0.1) is 0 Å². The highest BCUT2D eigenvalue weighted by atomic mass is 16.3. The fourth-order valence-electron chi connectivity index (χ4n) is 4.18. The number of fused-ring (bicyclic) bond motifs is 1. The lowest BCUT2D eigenvalue weighted by atomic mass is 9.91. The van der Waals surface area contributed by atoms with Crippen LogP contribution in [0.5, 0.6) is 0 Å². The van der Waals surface area contributed by atoms with Crippen LogP contribution >= 0.6 is 0 Å². The van der Waals surface area contributed by atoms with Gasteiger partial charge in [0.05, 0.1) is 18.2 Å². The highest BCUT2D eigenvalue weighted by molar-refractivity contribution is 5.94. The van der Waals surface area contributed by atoms with E-state index in [1.54, 1.807) is 6.26 Å². The Morgan fingerprint density at radius 1 is 1.11 bits per heavy atom. The quantitative estimate of drug-likeness (QED) is 0.902. The van der Waals surface area contributed by atoms with E-state index in [-0.39, 0.29) is 23.8 Å². The monoisotopic (exact) mass is 366 g/mol. The van der Waals surface area contributed by atoms with Crippen molar-refractivity contribution in [1.29, 1.82) is 0 Å². The molecule has 1 N–H and O–H groups in total. The first-order valence-corrected chi connectivity index (χ1v) is 9.84. The smallest absolute Gasteiger partial charge is 0.253 e. The Kier molecular flexibility index (Phi) is 5.01. The van der Waals surface area contributed by atoms with E-state index in [2.05, 4.69) is 5.32 Å². The molecule has 1 saturated heterocycles. The number of hydrogen-bond acceptors (Lipinski definition) is 3. The Bertz CT molecular complexity index is 824. The predicted octanol–water partition coefficient (Wildman–Crippen LogP) is 3.63. The average molecular weight is 366 g/mol. The van der Waals surface area contributed by atoms with Gasteiger partial charge in [0, 0.05) is 30.6 Å². The number of amides is 2. The summed E-state index contributed by atoms with van der Waals surface area (Å²) in [6.07, 6.45) is 6.30. The van der Waals surface area contributed by atoms with E-state index >= 15 is 0 Å². The van der Waals surface area contributed by atoms with Gasteiger partial charge in [0.2, 0.25) is 5.91 Å². The number of likely N-dealkylation sites (tertiary alicyclic amines) is 1. The number of piperidine rings is 1. The van der Waals surface area contributed by atoms with Gasteiger partial charge in [-0.1, -0.05) is 17.7 Å². The van der Waals surface area contributed by atoms with Crippen LogP contribution < -0.4 is 5.32 Å². The van der Waals surface area contributed by atoms with Gasteiger partial charge in [-0.2, -0.15) is 0 Å². The third kappa shape index (κ3) is 3.77. The number of aryl methyl sites for hydroxylation is 2. The molecule has 2 heterocycles. The Morgan fingerprint density at radius 3 is 2.74 bits per heavy atom. The van der Waals surface area contributed by atoms with E-state index in [1.165, 1.54) is 0 Å². The van der Waals surface area contributed by atoms with Crippen molar-refractivity contribution < 1.29 is 14.0 Å². The molecule has 27 heavy (non-hydrogen) atoms. The van der Waals surface area contributed by atoms with Crippen molar-refractivity contribution in [3.63, 3.8) is 0 Å². The number of nitrogens with zero attached hydrogens (tertiary/aromatic N) is 1. The van der Waals surface area contributed by atoms with Gasteiger partial charge in [0.15, 0.2) is 0 Å². The maximum atomic E-state index is 12.9. The molecule has 1 fully saturated rings. The van der Waals surface area contributed by atoms with Crippen LogP contribution in [0.1, 0.15) is 59.0 Å². The summed E-state index contributed by atoms with van der Waals surface area (Å²) in [5, 5.41) is 3.20. The Hall–Kier alpha value is -2.56. The van der Waals surface area contributed by atoms with Gasteiger partial charge in [-0.05, 0) is 50.8 Å². The standard InChI is InChI=1S/C22H26N2O3/c1-15-7-9-16(10-8-15)22(26)24-12-3-4-17(14-24)21(25)23-19-5-2-6-20-18(19)11-13-27-20/h7-11,13,17,19H,2-6,12,14H2,1H3,(H,23,25). The van der Waals surface area contributed by atoms with Crippen LogP contribution in [0, 0.1) is 12.8 Å². The molecule has 1 aliphatic carbocycles. The molecular formula is C22H26N2O3. The van der Waals surface area contributed by atoms with Crippen LogP contribution in [0.2, 0.25) is 0 Å². The molecule has 2 aliphatic rings. The fraction of sp³-hybridized carbons (Fsp3) is 0.455. The molecule has 2 aromatic rings. The van der Waals surface area contributed by atoms with Crippen molar-refractivity contribution in [2.45, 2.75) is 45.1 Å². The summed E-state index contributed by atoms with van der Waals surface area (Å²) >= 11 is 0. The molecular weight excluding hydrogens is 340 g/mol. The number of carbonyl (C=O) groups excluding carboxylic acids is 2. The molecule has 2 atom stereocenters. The van der Waals surface area contributed by atoms with Gasteiger partial charge in [-0.25, -0.2) is 0 Å².